The molecule has 0 spiro atoms. The quantitative estimate of drug-likeness (QED) is 0.864. The molecule has 0 radical (unpaired) electrons. The zero-order valence-corrected chi connectivity index (χ0v) is 12.8. The zero-order chi connectivity index (χ0) is 15.5. The van der Waals surface area contributed by atoms with Crippen molar-refractivity contribution in [2.24, 2.45) is 0 Å². The molecular weight excluding hydrogens is 254 g/mol. The highest BCUT2D eigenvalue weighted by Crippen LogP contribution is 2.10. The highest BCUT2D eigenvalue weighted by molar-refractivity contribution is 5.97. The smallest absolute Gasteiger partial charge is 0.335 e. The maximum Gasteiger partial charge on any atom is 0.335 e. The van der Waals surface area contributed by atoms with Crippen LogP contribution >= 0.6 is 0 Å². The highest BCUT2D eigenvalue weighted by Gasteiger charge is 2.15. The third-order valence-corrected chi connectivity index (χ3v) is 2.63. The van der Waals surface area contributed by atoms with Crippen LogP contribution in [0.3, 0.4) is 0 Å². The molecule has 4 nitrogen and oxygen atoms in total. The van der Waals surface area contributed by atoms with Crippen molar-refractivity contribution in [3.05, 3.63) is 35.4 Å². The van der Waals surface area contributed by atoms with E-state index in [0.717, 1.165) is 12.8 Å². The number of carbonyl (C=O) groups excluding carboxylic acids is 1. The van der Waals surface area contributed by atoms with Gasteiger partial charge in [-0.25, -0.2) is 4.79 Å². The number of carbonyl (C=O) groups is 2. The first-order valence-corrected chi connectivity index (χ1v) is 7.22. The Hall–Kier alpha value is -1.84. The number of carboxylic acid groups (broad SMARTS) is 1. The van der Waals surface area contributed by atoms with E-state index >= 15 is 0 Å². The van der Waals surface area contributed by atoms with Crippen molar-refractivity contribution < 1.29 is 14.7 Å². The van der Waals surface area contributed by atoms with Crippen molar-refractivity contribution in [2.45, 2.75) is 40.5 Å². The SMILES string of the molecule is CC.CCCN(CCC)C(=O)c1cccc(C(=O)O)c1. The average Bonchev–Trinajstić information content (AvgIpc) is 2.48. The number of benzene rings is 1. The molecule has 0 atom stereocenters. The number of hydrogen-bond acceptors (Lipinski definition) is 2. The molecule has 4 heteroatoms. The van der Waals surface area contributed by atoms with Crippen LogP contribution < -0.4 is 0 Å². The molecular formula is C16H25NO3. The van der Waals surface area contributed by atoms with Gasteiger partial charge < -0.3 is 10.0 Å². The lowest BCUT2D eigenvalue weighted by Crippen LogP contribution is -2.32. The van der Waals surface area contributed by atoms with Crippen molar-refractivity contribution >= 4 is 11.9 Å². The Kier molecular flexibility index (Phi) is 9.09. The molecule has 0 saturated heterocycles. The molecule has 0 saturated carbocycles. The first kappa shape index (κ1) is 18.2. The van der Waals surface area contributed by atoms with Gasteiger partial charge in [0.15, 0.2) is 0 Å². The maximum absolute atomic E-state index is 12.2. The largest absolute Gasteiger partial charge is 0.478 e. The Morgan fingerprint density at radius 3 is 2.00 bits per heavy atom. The van der Waals surface area contributed by atoms with E-state index in [0.29, 0.717) is 18.7 Å². The van der Waals surface area contributed by atoms with Crippen LogP contribution in [0.2, 0.25) is 0 Å². The van der Waals surface area contributed by atoms with Crippen LogP contribution in [0.15, 0.2) is 24.3 Å². The standard InChI is InChI=1S/C14H19NO3.C2H6/c1-3-8-15(9-4-2)13(16)11-6-5-7-12(10-11)14(17)18;1-2/h5-7,10H,3-4,8-9H2,1-2H3,(H,17,18);1-2H3. The van der Waals surface area contributed by atoms with Gasteiger partial charge >= 0.3 is 5.97 Å². The van der Waals surface area contributed by atoms with Gasteiger partial charge in [0.25, 0.3) is 5.91 Å². The third-order valence-electron chi connectivity index (χ3n) is 2.63. The van der Waals surface area contributed by atoms with Crippen molar-refractivity contribution in [3.63, 3.8) is 0 Å². The second-order valence-electron chi connectivity index (χ2n) is 4.18. The third kappa shape index (κ3) is 5.43. The fourth-order valence-electron chi connectivity index (χ4n) is 1.82. The highest BCUT2D eigenvalue weighted by atomic mass is 16.4. The minimum Gasteiger partial charge on any atom is -0.478 e. The fourth-order valence-corrected chi connectivity index (χ4v) is 1.82. The zero-order valence-electron chi connectivity index (χ0n) is 12.8. The maximum atomic E-state index is 12.2. The van der Waals surface area contributed by atoms with E-state index in [9.17, 15) is 9.59 Å². The van der Waals surface area contributed by atoms with Crippen LogP contribution in [-0.4, -0.2) is 35.0 Å². The Labute approximate surface area is 121 Å². The van der Waals surface area contributed by atoms with Gasteiger partial charge in [0.2, 0.25) is 0 Å². The van der Waals surface area contributed by atoms with E-state index in [-0.39, 0.29) is 11.5 Å². The summed E-state index contributed by atoms with van der Waals surface area (Å²) in [6, 6.07) is 6.19. The Balaban J connectivity index is 0.00000172. The van der Waals surface area contributed by atoms with Gasteiger partial charge in [-0.2, -0.15) is 0 Å². The molecule has 0 bridgehead atoms. The molecule has 112 valence electrons. The molecule has 1 amide bonds. The van der Waals surface area contributed by atoms with Gasteiger partial charge in [-0.15, -0.1) is 0 Å². The number of carboxylic acids is 1. The minimum absolute atomic E-state index is 0.0956. The van der Waals surface area contributed by atoms with Crippen LogP contribution in [0.25, 0.3) is 0 Å². The second kappa shape index (κ2) is 10.0. The predicted octanol–water partition coefficient (Wildman–Crippen LogP) is 3.67. The fraction of sp³-hybridized carbons (Fsp3) is 0.500. The van der Waals surface area contributed by atoms with E-state index in [1.165, 1.54) is 12.1 Å². The predicted molar refractivity (Wildman–Crippen MR) is 81.2 cm³/mol. The Morgan fingerprint density at radius 2 is 1.55 bits per heavy atom. The molecule has 1 N–H and O–H groups in total. The summed E-state index contributed by atoms with van der Waals surface area (Å²) in [5, 5.41) is 8.91. The monoisotopic (exact) mass is 279 g/mol. The van der Waals surface area contributed by atoms with Crippen molar-refractivity contribution in [1.82, 2.24) is 4.90 Å². The van der Waals surface area contributed by atoms with Gasteiger partial charge in [0.1, 0.15) is 0 Å². The van der Waals surface area contributed by atoms with E-state index in [4.69, 9.17) is 5.11 Å². The first-order valence-electron chi connectivity index (χ1n) is 7.22. The molecule has 0 unspecified atom stereocenters. The van der Waals surface area contributed by atoms with E-state index in [1.54, 1.807) is 17.0 Å². The first-order chi connectivity index (χ1) is 9.60. The number of amides is 1. The Bertz CT molecular complexity index is 423. The number of nitrogens with zero attached hydrogens (tertiary/aromatic N) is 1. The van der Waals surface area contributed by atoms with Gasteiger partial charge in [-0.3, -0.25) is 4.79 Å². The van der Waals surface area contributed by atoms with Crippen LogP contribution in [-0.2, 0) is 0 Å². The van der Waals surface area contributed by atoms with Crippen molar-refractivity contribution in [1.29, 1.82) is 0 Å². The summed E-state index contributed by atoms with van der Waals surface area (Å²) in [6.07, 6.45) is 1.79. The number of rotatable bonds is 6. The molecule has 0 heterocycles. The van der Waals surface area contributed by atoms with Crippen LogP contribution in [0.5, 0.6) is 0 Å². The molecule has 0 aliphatic heterocycles. The van der Waals surface area contributed by atoms with Gasteiger partial charge in [-0.05, 0) is 31.0 Å². The van der Waals surface area contributed by atoms with E-state index < -0.39 is 5.97 Å². The lowest BCUT2D eigenvalue weighted by Gasteiger charge is -2.21. The Morgan fingerprint density at radius 1 is 1.05 bits per heavy atom. The molecule has 1 aromatic rings. The van der Waals surface area contributed by atoms with Crippen LogP contribution in [0.4, 0.5) is 0 Å². The van der Waals surface area contributed by atoms with Crippen molar-refractivity contribution in [3.8, 4) is 0 Å². The van der Waals surface area contributed by atoms with E-state index in [1.807, 2.05) is 27.7 Å². The van der Waals surface area contributed by atoms with Crippen molar-refractivity contribution in [2.75, 3.05) is 13.1 Å². The number of hydrogen-bond donors (Lipinski definition) is 1. The molecule has 1 aromatic carbocycles. The summed E-state index contributed by atoms with van der Waals surface area (Å²) < 4.78 is 0. The molecule has 1 rings (SSSR count). The summed E-state index contributed by atoms with van der Waals surface area (Å²) in [7, 11) is 0. The normalized spacial score (nSPS) is 9.40. The van der Waals surface area contributed by atoms with E-state index in [2.05, 4.69) is 0 Å². The lowest BCUT2D eigenvalue weighted by atomic mass is 10.1. The molecule has 0 aliphatic carbocycles. The van der Waals surface area contributed by atoms with Gasteiger partial charge in [0, 0.05) is 18.7 Å². The average molecular weight is 279 g/mol. The van der Waals surface area contributed by atoms with Gasteiger partial charge in [0.05, 0.1) is 5.56 Å². The lowest BCUT2D eigenvalue weighted by molar-refractivity contribution is 0.0697. The minimum atomic E-state index is -1.01. The number of aromatic carboxylic acids is 1. The summed E-state index contributed by atoms with van der Waals surface area (Å²) >= 11 is 0. The molecule has 20 heavy (non-hydrogen) atoms. The molecule has 0 aliphatic rings. The molecule has 0 aromatic heterocycles. The van der Waals surface area contributed by atoms with Crippen LogP contribution in [0, 0.1) is 0 Å². The topological polar surface area (TPSA) is 57.6 Å². The molecule has 0 fully saturated rings. The summed E-state index contributed by atoms with van der Waals surface area (Å²) in [5.74, 6) is -1.11. The summed E-state index contributed by atoms with van der Waals surface area (Å²) in [6.45, 7) is 9.43. The van der Waals surface area contributed by atoms with Crippen LogP contribution in [0.1, 0.15) is 61.3 Å². The summed E-state index contributed by atoms with van der Waals surface area (Å²) in [5.41, 5.74) is 0.589. The summed E-state index contributed by atoms with van der Waals surface area (Å²) in [4.78, 5) is 24.9. The van der Waals surface area contributed by atoms with Gasteiger partial charge in [-0.1, -0.05) is 33.8 Å². The second-order valence-corrected chi connectivity index (χ2v) is 4.18.